The molecule has 126 heavy (non-hydrogen) atoms. The molecule has 4 aromatic carbocycles. The molecule has 8 bridgehead atoms. The van der Waals surface area contributed by atoms with Crippen molar-refractivity contribution in [2.24, 2.45) is 0 Å². The molecule has 9 rings (SSSR count). The Bertz CT molecular complexity index is 4190. The van der Waals surface area contributed by atoms with Crippen LogP contribution in [0.3, 0.4) is 0 Å². The van der Waals surface area contributed by atoms with Crippen LogP contribution in [0.25, 0.3) is 89.7 Å². The van der Waals surface area contributed by atoms with Crippen LogP contribution in [0.1, 0.15) is 423 Å². The van der Waals surface area contributed by atoms with E-state index in [0.29, 0.717) is 112 Å². The number of aryl methyl sites for hydroxylation is 4. The van der Waals surface area contributed by atoms with Gasteiger partial charge in [0.2, 0.25) is 0 Å². The lowest BCUT2D eigenvalue weighted by Crippen LogP contribution is -2.11. The van der Waals surface area contributed by atoms with Gasteiger partial charge in [-0.1, -0.05) is 362 Å². The first-order chi connectivity index (χ1) is 62.4. The van der Waals surface area contributed by atoms with Gasteiger partial charge in [0.1, 0.15) is 34.1 Å². The van der Waals surface area contributed by atoms with Crippen molar-refractivity contribution >= 4 is 44.1 Å². The fourth-order valence-corrected chi connectivity index (χ4v) is 18.5. The van der Waals surface area contributed by atoms with E-state index in [1.54, 1.807) is 0 Å². The van der Waals surface area contributed by atoms with E-state index in [4.69, 9.17) is 67.8 Å². The van der Waals surface area contributed by atoms with Crippen molar-refractivity contribution in [1.82, 2.24) is 39.9 Å². The number of hydrogen-bond acceptors (Lipinski definition) is 14. The third-order valence-electron chi connectivity index (χ3n) is 26.1. The Kier molecular flexibility index (Phi) is 54.2. The molecule has 0 radical (unpaired) electrons. The van der Waals surface area contributed by atoms with Gasteiger partial charge in [-0.15, -0.1) is 0 Å². The van der Waals surface area contributed by atoms with Gasteiger partial charge in [0.25, 0.3) is 0 Å². The number of aromatic amines is 2. The highest BCUT2D eigenvalue weighted by Crippen LogP contribution is 2.42. The van der Waals surface area contributed by atoms with E-state index < -0.39 is 0 Å². The summed E-state index contributed by atoms with van der Waals surface area (Å²) in [5, 5.41) is 3.76. The molecule has 0 saturated carbocycles. The van der Waals surface area contributed by atoms with Crippen molar-refractivity contribution < 1.29 is 37.9 Å². The number of nitrogens with zero attached hydrogens (tertiary/aromatic N) is 6. The van der Waals surface area contributed by atoms with Crippen LogP contribution in [0.15, 0.2) is 60.7 Å². The highest BCUT2D eigenvalue weighted by atomic mass is 16.7. The molecule has 7 aromatic rings. The maximum atomic E-state index is 6.39. The Morgan fingerprint density at radius 1 is 0.206 bits per heavy atom. The van der Waals surface area contributed by atoms with E-state index in [1.807, 2.05) is 38.1 Å². The highest BCUT2D eigenvalue weighted by Gasteiger charge is 2.26. The third-order valence-corrected chi connectivity index (χ3v) is 26.1. The molecule has 0 unspecified atom stereocenters. The molecule has 0 amide bonds. The summed E-state index contributed by atoms with van der Waals surface area (Å²) in [6, 6.07) is 22.0. The summed E-state index contributed by atoms with van der Waals surface area (Å²) >= 11 is 0. The van der Waals surface area contributed by atoms with Crippen LogP contribution in [0, 0.1) is 0 Å². The van der Waals surface area contributed by atoms with Crippen LogP contribution >= 0.6 is 0 Å². The number of fused-ring (bicyclic) bond motifs is 20. The van der Waals surface area contributed by atoms with Crippen molar-refractivity contribution in [3.05, 3.63) is 82.9 Å². The zero-order chi connectivity index (χ0) is 88.0. The molecule has 2 N–H and O–H groups in total. The Hall–Kier alpha value is -6.40. The van der Waals surface area contributed by atoms with Gasteiger partial charge in [0.05, 0.1) is 52.9 Å². The van der Waals surface area contributed by atoms with E-state index in [9.17, 15) is 0 Å². The van der Waals surface area contributed by atoms with Crippen molar-refractivity contribution in [2.75, 3.05) is 79.7 Å². The SMILES string of the molecule is CCCCCCCCCCCCCCCCc1cc2c(cc1CCCCCCCCCCCCCCCC)-c1nc-2nc2[nH]c(nc3nc(nc4[nH]c(n1)c1cc(CCCCCCCCCCCCCCCC)c(CCCCCCCCCCCCCCCC)cc41)-c1ccc(OCOCCOCCOCC)cc1-3)c1ccc(OCOCCOCCOCC)cc21. The Morgan fingerprint density at radius 3 is 0.754 bits per heavy atom. The minimum Gasteiger partial charge on any atom is -0.468 e. The van der Waals surface area contributed by atoms with E-state index in [1.165, 1.54) is 356 Å². The second-order valence-corrected chi connectivity index (χ2v) is 36.7. The third kappa shape index (κ3) is 39.3. The van der Waals surface area contributed by atoms with Gasteiger partial charge >= 0.3 is 0 Å². The average molecular weight is 1740 g/mol. The highest BCUT2D eigenvalue weighted by molar-refractivity contribution is 6.07. The molecule has 0 fully saturated rings. The van der Waals surface area contributed by atoms with Gasteiger partial charge in [-0.25, -0.2) is 29.9 Å². The van der Waals surface area contributed by atoms with E-state index in [2.05, 4.69) is 74.1 Å². The standard InChI is InChI=1S/C110H174N8O8/c1-7-13-17-21-25-29-33-37-41-45-49-53-57-61-65-89-81-97-98(82-90(89)66-62-58-54-50-46-42-38-34-30-26-22-18-14-8-2)106-115-105(97)111-103-95-71-69-93(125-87-123-79-77-121-75-73-119-11-5)85-101(95)109(112-103)113-104-96-72-70-94(126-88-124-80-78-122-76-74-120-12-6)86-102(96)110(114-104)118-108-100-84-92(68-64-60-56-52-48-44-40-36-32-28-24-20-16-10-4)91(83-99(100)107(116-106)117-108)67-63-59-55-51-47-43-39-35-31-27-23-19-15-9-3/h69-72,81-86H,7-68,73-80,87-88H2,1-6H3,(H2,111,112,113,114,115,116,117,118). The second kappa shape index (κ2) is 66.0. The molecule has 0 saturated heterocycles. The van der Waals surface area contributed by atoms with Crippen LogP contribution in [-0.4, -0.2) is 120 Å². The molecule has 0 aliphatic carbocycles. The molecule has 0 spiro atoms. The molecule has 5 heterocycles. The van der Waals surface area contributed by atoms with Crippen molar-refractivity contribution in [1.29, 1.82) is 0 Å². The van der Waals surface area contributed by atoms with Crippen LogP contribution in [0.2, 0.25) is 0 Å². The molecule has 16 nitrogen and oxygen atoms in total. The number of hydrogen-bond donors (Lipinski definition) is 2. The lowest BCUT2D eigenvalue weighted by molar-refractivity contribution is -0.0259. The molecule has 16 heteroatoms. The summed E-state index contributed by atoms with van der Waals surface area (Å²) in [6.07, 6.45) is 79.1. The molecule has 2 aliphatic rings. The Morgan fingerprint density at radius 2 is 0.444 bits per heavy atom. The molecule has 2 aliphatic heterocycles. The topological polar surface area (TPSA) is 183 Å². The largest absolute Gasteiger partial charge is 0.468 e. The smallest absolute Gasteiger partial charge is 0.189 e. The molecular formula is C110H174N8O8. The molecule has 3 aromatic heterocycles. The van der Waals surface area contributed by atoms with Gasteiger partial charge in [0, 0.05) is 57.0 Å². The maximum Gasteiger partial charge on any atom is 0.189 e. The maximum absolute atomic E-state index is 6.39. The number of aromatic nitrogens is 8. The van der Waals surface area contributed by atoms with E-state index in [0.717, 1.165) is 106 Å². The monoisotopic (exact) mass is 1740 g/mol. The Balaban J connectivity index is 1.11. The zero-order valence-corrected chi connectivity index (χ0v) is 80.6. The first-order valence-corrected chi connectivity index (χ1v) is 52.6. The van der Waals surface area contributed by atoms with Crippen LogP contribution < -0.4 is 9.47 Å². The summed E-state index contributed by atoms with van der Waals surface area (Å²) in [5.41, 5.74) is 12.0. The Labute approximate surface area is 763 Å². The summed E-state index contributed by atoms with van der Waals surface area (Å²) in [7, 11) is 0. The van der Waals surface area contributed by atoms with Gasteiger partial charge in [0.15, 0.2) is 36.9 Å². The predicted molar refractivity (Wildman–Crippen MR) is 530 cm³/mol. The number of rotatable bonds is 80. The number of unbranched alkanes of at least 4 members (excludes halogenated alkanes) is 52. The number of H-pyrrole nitrogens is 2. The minimum atomic E-state index is 0.0413. The number of ether oxygens (including phenoxy) is 8. The second-order valence-electron chi connectivity index (χ2n) is 36.7. The fourth-order valence-electron chi connectivity index (χ4n) is 18.5. The van der Waals surface area contributed by atoms with Crippen molar-refractivity contribution in [3.63, 3.8) is 0 Å². The van der Waals surface area contributed by atoms with Gasteiger partial charge in [-0.05, 0) is 148 Å². The lowest BCUT2D eigenvalue weighted by atomic mass is 9.91. The van der Waals surface area contributed by atoms with Crippen LogP contribution in [0.4, 0.5) is 0 Å². The normalized spacial score (nSPS) is 12.0. The van der Waals surface area contributed by atoms with Crippen molar-refractivity contribution in [3.8, 4) is 57.1 Å². The lowest BCUT2D eigenvalue weighted by Gasteiger charge is -2.13. The first-order valence-electron chi connectivity index (χ1n) is 52.6. The number of benzene rings is 4. The quantitative estimate of drug-likeness (QED) is 0.0271. The van der Waals surface area contributed by atoms with E-state index >= 15 is 0 Å². The first kappa shape index (κ1) is 103. The van der Waals surface area contributed by atoms with Gasteiger partial charge in [-0.2, -0.15) is 0 Å². The van der Waals surface area contributed by atoms with Gasteiger partial charge in [-0.3, -0.25) is 0 Å². The van der Waals surface area contributed by atoms with Crippen LogP contribution in [0.5, 0.6) is 11.5 Å². The number of nitrogens with one attached hydrogen (secondary N) is 2. The summed E-state index contributed by atoms with van der Waals surface area (Å²) in [5.74, 6) is 3.56. The van der Waals surface area contributed by atoms with Crippen LogP contribution in [-0.2, 0) is 54.1 Å². The summed E-state index contributed by atoms with van der Waals surface area (Å²) in [6.45, 7) is 18.4. The van der Waals surface area contributed by atoms with E-state index in [-0.39, 0.29) is 13.6 Å². The fraction of sp³-hybridized carbons (Fsp3) is 0.709. The summed E-state index contributed by atoms with van der Waals surface area (Å²) in [4.78, 5) is 41.6. The predicted octanol–water partition coefficient (Wildman–Crippen LogP) is 31.8. The average Bonchev–Trinajstić information content (AvgIpc) is 1.59. The molecule has 702 valence electrons. The van der Waals surface area contributed by atoms with Gasteiger partial charge < -0.3 is 47.9 Å². The molecular weight excluding hydrogens is 1560 g/mol. The molecule has 0 atom stereocenters. The van der Waals surface area contributed by atoms with Crippen molar-refractivity contribution in [2.45, 2.75) is 427 Å². The summed E-state index contributed by atoms with van der Waals surface area (Å²) < 4.78 is 47.2. The minimum absolute atomic E-state index is 0.0413. The zero-order valence-electron chi connectivity index (χ0n) is 80.6.